The molecule has 0 heterocycles. The van der Waals surface area contributed by atoms with Crippen LogP contribution in [-0.2, 0) is 19.1 Å². The fraction of sp³-hybridized carbons (Fsp3) is 0.818. The quantitative estimate of drug-likeness (QED) is 0.676. The summed E-state index contributed by atoms with van der Waals surface area (Å²) in [5, 5.41) is 0. The second-order valence-electron chi connectivity index (χ2n) is 5.14. The molecule has 0 unspecified atom stereocenters. The molecular formula is C11H20O4. The Kier molecular flexibility index (Phi) is 4.31. The van der Waals surface area contributed by atoms with Gasteiger partial charge in [-0.1, -0.05) is 0 Å². The van der Waals surface area contributed by atoms with Crippen LogP contribution in [0, 0.1) is 5.41 Å². The monoisotopic (exact) mass is 216 g/mol. The SMILES string of the molecule is COC(=O)C(C)(C)CC(=O)OC(C)(C)C. The molecule has 0 radical (unpaired) electrons. The first-order valence-electron chi connectivity index (χ1n) is 4.89. The van der Waals surface area contributed by atoms with Crippen molar-refractivity contribution in [1.82, 2.24) is 0 Å². The van der Waals surface area contributed by atoms with Crippen molar-refractivity contribution in [3.8, 4) is 0 Å². The van der Waals surface area contributed by atoms with Crippen molar-refractivity contribution in [3.63, 3.8) is 0 Å². The summed E-state index contributed by atoms with van der Waals surface area (Å²) in [5.74, 6) is -0.800. The summed E-state index contributed by atoms with van der Waals surface area (Å²) in [6, 6.07) is 0. The molecule has 0 aromatic heterocycles. The van der Waals surface area contributed by atoms with E-state index >= 15 is 0 Å². The Morgan fingerprint density at radius 2 is 1.53 bits per heavy atom. The number of carbonyl (C=O) groups excluding carboxylic acids is 2. The summed E-state index contributed by atoms with van der Waals surface area (Å²) in [6.07, 6.45) is 0.0247. The van der Waals surface area contributed by atoms with Crippen LogP contribution in [0.25, 0.3) is 0 Å². The largest absolute Gasteiger partial charge is 0.469 e. The highest BCUT2D eigenvalue weighted by molar-refractivity contribution is 5.82. The first kappa shape index (κ1) is 13.9. The van der Waals surface area contributed by atoms with Gasteiger partial charge in [0.15, 0.2) is 0 Å². The molecule has 0 spiro atoms. The number of methoxy groups -OCH3 is 1. The van der Waals surface area contributed by atoms with Gasteiger partial charge < -0.3 is 9.47 Å². The lowest BCUT2D eigenvalue weighted by Crippen LogP contribution is -2.32. The average molecular weight is 216 g/mol. The van der Waals surface area contributed by atoms with Crippen molar-refractivity contribution in [2.24, 2.45) is 5.41 Å². The van der Waals surface area contributed by atoms with Crippen LogP contribution in [0.4, 0.5) is 0 Å². The molecule has 0 aliphatic carbocycles. The highest BCUT2D eigenvalue weighted by atomic mass is 16.6. The molecule has 0 aromatic carbocycles. The van der Waals surface area contributed by atoms with Crippen molar-refractivity contribution >= 4 is 11.9 Å². The Hall–Kier alpha value is -1.06. The lowest BCUT2D eigenvalue weighted by molar-refractivity contribution is -0.164. The van der Waals surface area contributed by atoms with E-state index in [0.29, 0.717) is 0 Å². The molecule has 4 heteroatoms. The normalized spacial score (nSPS) is 12.1. The van der Waals surface area contributed by atoms with E-state index in [1.165, 1.54) is 7.11 Å². The topological polar surface area (TPSA) is 52.6 Å². The Morgan fingerprint density at radius 3 is 1.87 bits per heavy atom. The maximum Gasteiger partial charge on any atom is 0.311 e. The van der Waals surface area contributed by atoms with Crippen LogP contribution in [0.1, 0.15) is 41.0 Å². The number of ether oxygens (including phenoxy) is 2. The van der Waals surface area contributed by atoms with E-state index in [1.807, 2.05) is 0 Å². The van der Waals surface area contributed by atoms with E-state index < -0.39 is 23.0 Å². The van der Waals surface area contributed by atoms with Crippen molar-refractivity contribution in [3.05, 3.63) is 0 Å². The molecule has 0 bridgehead atoms. The molecule has 0 aliphatic heterocycles. The van der Waals surface area contributed by atoms with Gasteiger partial charge in [0.25, 0.3) is 0 Å². The molecule has 0 saturated carbocycles. The van der Waals surface area contributed by atoms with Gasteiger partial charge in [0.1, 0.15) is 5.60 Å². The van der Waals surface area contributed by atoms with E-state index in [0.717, 1.165) is 0 Å². The number of rotatable bonds is 3. The van der Waals surface area contributed by atoms with Crippen molar-refractivity contribution in [2.45, 2.75) is 46.6 Å². The third kappa shape index (κ3) is 5.40. The molecule has 0 aliphatic rings. The first-order valence-corrected chi connectivity index (χ1v) is 4.89. The smallest absolute Gasteiger partial charge is 0.311 e. The van der Waals surface area contributed by atoms with Crippen molar-refractivity contribution in [2.75, 3.05) is 7.11 Å². The lowest BCUT2D eigenvalue weighted by atomic mass is 9.89. The fourth-order valence-electron chi connectivity index (χ4n) is 1.09. The lowest BCUT2D eigenvalue weighted by Gasteiger charge is -2.24. The molecule has 0 aromatic rings. The third-order valence-corrected chi connectivity index (χ3v) is 1.74. The molecule has 0 fully saturated rings. The van der Waals surface area contributed by atoms with E-state index in [2.05, 4.69) is 4.74 Å². The van der Waals surface area contributed by atoms with Gasteiger partial charge in [-0.25, -0.2) is 0 Å². The minimum Gasteiger partial charge on any atom is -0.469 e. The van der Waals surface area contributed by atoms with Gasteiger partial charge >= 0.3 is 11.9 Å². The Labute approximate surface area is 90.9 Å². The number of hydrogen-bond donors (Lipinski definition) is 0. The van der Waals surface area contributed by atoms with Crippen LogP contribution in [0.3, 0.4) is 0 Å². The van der Waals surface area contributed by atoms with Gasteiger partial charge in [-0.2, -0.15) is 0 Å². The third-order valence-electron chi connectivity index (χ3n) is 1.74. The summed E-state index contributed by atoms with van der Waals surface area (Å²) < 4.78 is 9.72. The van der Waals surface area contributed by atoms with E-state index in [-0.39, 0.29) is 6.42 Å². The summed E-state index contributed by atoms with van der Waals surface area (Å²) >= 11 is 0. The number of hydrogen-bond acceptors (Lipinski definition) is 4. The zero-order chi connectivity index (χ0) is 12.3. The molecule has 0 atom stereocenters. The highest BCUT2D eigenvalue weighted by Crippen LogP contribution is 2.24. The van der Waals surface area contributed by atoms with Crippen LogP contribution in [-0.4, -0.2) is 24.6 Å². The second kappa shape index (κ2) is 4.64. The van der Waals surface area contributed by atoms with Gasteiger partial charge in [0.2, 0.25) is 0 Å². The van der Waals surface area contributed by atoms with Crippen LogP contribution in [0.15, 0.2) is 0 Å². The zero-order valence-corrected chi connectivity index (χ0v) is 10.3. The molecular weight excluding hydrogens is 196 g/mol. The van der Waals surface area contributed by atoms with Crippen LogP contribution in [0.2, 0.25) is 0 Å². The number of esters is 2. The molecule has 0 amide bonds. The molecule has 0 N–H and O–H groups in total. The average Bonchev–Trinajstić information content (AvgIpc) is 1.97. The Balaban J connectivity index is 4.35. The summed E-state index contributed by atoms with van der Waals surface area (Å²) in [4.78, 5) is 22.8. The molecule has 0 saturated heterocycles. The summed E-state index contributed by atoms with van der Waals surface area (Å²) in [6.45, 7) is 8.67. The highest BCUT2D eigenvalue weighted by Gasteiger charge is 2.33. The molecule has 0 rings (SSSR count). The summed E-state index contributed by atoms with van der Waals surface area (Å²) in [7, 11) is 1.30. The first-order chi connectivity index (χ1) is 6.58. The van der Waals surface area contributed by atoms with Crippen molar-refractivity contribution in [1.29, 1.82) is 0 Å². The van der Waals surface area contributed by atoms with Crippen molar-refractivity contribution < 1.29 is 19.1 Å². The molecule has 15 heavy (non-hydrogen) atoms. The van der Waals surface area contributed by atoms with Gasteiger partial charge in [0.05, 0.1) is 18.9 Å². The Morgan fingerprint density at radius 1 is 1.07 bits per heavy atom. The van der Waals surface area contributed by atoms with Gasteiger partial charge in [0, 0.05) is 0 Å². The van der Waals surface area contributed by atoms with E-state index in [9.17, 15) is 9.59 Å². The number of carbonyl (C=O) groups is 2. The van der Waals surface area contributed by atoms with Gasteiger partial charge in [-0.15, -0.1) is 0 Å². The maximum absolute atomic E-state index is 11.5. The maximum atomic E-state index is 11.5. The van der Waals surface area contributed by atoms with Gasteiger partial charge in [-0.05, 0) is 34.6 Å². The Bertz CT molecular complexity index is 248. The standard InChI is InChI=1S/C11H20O4/c1-10(2,3)15-8(12)7-11(4,5)9(13)14-6/h7H2,1-6H3. The predicted octanol–water partition coefficient (Wildman–Crippen LogP) is 1.92. The van der Waals surface area contributed by atoms with Gasteiger partial charge in [-0.3, -0.25) is 9.59 Å². The molecule has 88 valence electrons. The minimum absolute atomic E-state index is 0.0247. The fourth-order valence-corrected chi connectivity index (χ4v) is 1.09. The predicted molar refractivity (Wildman–Crippen MR) is 56.3 cm³/mol. The minimum atomic E-state index is -0.836. The second-order valence-corrected chi connectivity index (χ2v) is 5.14. The van der Waals surface area contributed by atoms with Crippen LogP contribution in [0.5, 0.6) is 0 Å². The van der Waals surface area contributed by atoms with Crippen LogP contribution < -0.4 is 0 Å². The molecule has 4 nitrogen and oxygen atoms in total. The zero-order valence-electron chi connectivity index (χ0n) is 10.3. The van der Waals surface area contributed by atoms with Crippen LogP contribution >= 0.6 is 0 Å². The van der Waals surface area contributed by atoms with E-state index in [1.54, 1.807) is 34.6 Å². The summed E-state index contributed by atoms with van der Waals surface area (Å²) in [5.41, 5.74) is -1.36. The van der Waals surface area contributed by atoms with E-state index in [4.69, 9.17) is 4.74 Å².